The fraction of sp³-hybridized carbons (Fsp3) is 0.381. The van der Waals surface area contributed by atoms with E-state index in [-0.39, 0.29) is 11.9 Å². The van der Waals surface area contributed by atoms with Gasteiger partial charge in [0.25, 0.3) is 5.91 Å². The summed E-state index contributed by atoms with van der Waals surface area (Å²) in [7, 11) is 0. The lowest BCUT2D eigenvalue weighted by Gasteiger charge is -2.17. The van der Waals surface area contributed by atoms with Gasteiger partial charge in [0.2, 0.25) is 10.3 Å². The number of amides is 1. The third kappa shape index (κ3) is 5.33. The number of anilines is 3. The van der Waals surface area contributed by atoms with Gasteiger partial charge in [0.05, 0.1) is 5.69 Å². The van der Waals surface area contributed by atoms with Crippen LogP contribution in [0.3, 0.4) is 0 Å². The van der Waals surface area contributed by atoms with E-state index in [4.69, 9.17) is 4.74 Å². The lowest BCUT2D eigenvalue weighted by Crippen LogP contribution is -2.26. The first-order chi connectivity index (χ1) is 15.1. The third-order valence-corrected chi connectivity index (χ3v) is 5.72. The van der Waals surface area contributed by atoms with Crippen molar-refractivity contribution in [3.63, 3.8) is 0 Å². The van der Waals surface area contributed by atoms with E-state index in [9.17, 15) is 4.79 Å². The lowest BCUT2D eigenvalue weighted by atomic mass is 10.1. The maximum Gasteiger partial charge on any atom is 0.259 e. The summed E-state index contributed by atoms with van der Waals surface area (Å²) in [4.78, 5) is 14.9. The van der Waals surface area contributed by atoms with Gasteiger partial charge in [-0.15, -0.1) is 15.3 Å². The molecule has 0 aliphatic carbocycles. The third-order valence-electron chi connectivity index (χ3n) is 4.95. The number of benzene rings is 1. The Labute approximate surface area is 184 Å². The largest absolute Gasteiger partial charge is 0.364 e. The second-order valence-corrected chi connectivity index (χ2v) is 8.23. The molecule has 0 radical (unpaired) electrons. The van der Waals surface area contributed by atoms with E-state index in [0.29, 0.717) is 16.9 Å². The summed E-state index contributed by atoms with van der Waals surface area (Å²) in [5, 5.41) is 24.0. The first kappa shape index (κ1) is 21.1. The quantitative estimate of drug-likeness (QED) is 0.552. The zero-order valence-corrected chi connectivity index (χ0v) is 18.3. The van der Waals surface area contributed by atoms with Crippen LogP contribution >= 0.6 is 11.3 Å². The Bertz CT molecular complexity index is 996. The molecule has 0 saturated carbocycles. The van der Waals surface area contributed by atoms with Gasteiger partial charge < -0.3 is 15.0 Å². The Balaban J connectivity index is 1.34. The molecule has 4 rings (SSSR count). The monoisotopic (exact) mass is 439 g/mol. The van der Waals surface area contributed by atoms with Gasteiger partial charge in [-0.25, -0.2) is 0 Å². The smallest absolute Gasteiger partial charge is 0.259 e. The number of hydrogen-bond acceptors (Lipinski definition) is 9. The van der Waals surface area contributed by atoms with Crippen LogP contribution < -0.4 is 15.5 Å². The van der Waals surface area contributed by atoms with E-state index in [1.54, 1.807) is 0 Å². The predicted molar refractivity (Wildman–Crippen MR) is 120 cm³/mol. The number of ether oxygens (including phenoxy) is 1. The minimum Gasteiger partial charge on any atom is -0.364 e. The Kier molecular flexibility index (Phi) is 6.68. The van der Waals surface area contributed by atoms with Crippen LogP contribution in [0.15, 0.2) is 42.5 Å². The SMILES string of the molecule is CCO[C@@H](C(=O)Nc1nnc(N[C@@H]2CCN(c3ccc(C)nn3)C2)s1)c1ccccc1. The van der Waals surface area contributed by atoms with Gasteiger partial charge in [-0.2, -0.15) is 5.10 Å². The number of carbonyl (C=O) groups is 1. The molecule has 9 nitrogen and oxygen atoms in total. The molecule has 0 spiro atoms. The van der Waals surface area contributed by atoms with E-state index < -0.39 is 6.10 Å². The summed E-state index contributed by atoms with van der Waals surface area (Å²) in [6.07, 6.45) is 0.266. The molecular weight excluding hydrogens is 414 g/mol. The van der Waals surface area contributed by atoms with Crippen molar-refractivity contribution in [1.29, 1.82) is 0 Å². The lowest BCUT2D eigenvalue weighted by molar-refractivity contribution is -0.127. The molecule has 1 aromatic carbocycles. The highest BCUT2D eigenvalue weighted by Gasteiger charge is 2.25. The molecule has 1 aliphatic rings. The van der Waals surface area contributed by atoms with Crippen LogP contribution in [0.1, 0.15) is 30.7 Å². The number of aryl methyl sites for hydroxylation is 1. The topological polar surface area (TPSA) is 105 Å². The van der Waals surface area contributed by atoms with Crippen molar-refractivity contribution in [1.82, 2.24) is 20.4 Å². The highest BCUT2D eigenvalue weighted by atomic mass is 32.1. The number of nitrogens with zero attached hydrogens (tertiary/aromatic N) is 5. The van der Waals surface area contributed by atoms with Gasteiger partial charge in [0, 0.05) is 25.7 Å². The zero-order chi connectivity index (χ0) is 21.6. The molecule has 31 heavy (non-hydrogen) atoms. The molecule has 0 unspecified atom stereocenters. The number of carbonyl (C=O) groups excluding carboxylic acids is 1. The van der Waals surface area contributed by atoms with Crippen molar-refractivity contribution in [2.24, 2.45) is 0 Å². The van der Waals surface area contributed by atoms with Gasteiger partial charge in [-0.1, -0.05) is 41.7 Å². The second-order valence-electron chi connectivity index (χ2n) is 7.26. The Morgan fingerprint density at radius 1 is 1.16 bits per heavy atom. The van der Waals surface area contributed by atoms with Crippen LogP contribution in [0.5, 0.6) is 0 Å². The van der Waals surface area contributed by atoms with Crippen molar-refractivity contribution in [3.05, 3.63) is 53.7 Å². The first-order valence-electron chi connectivity index (χ1n) is 10.2. The summed E-state index contributed by atoms with van der Waals surface area (Å²) in [5.74, 6) is 0.615. The normalized spacial score (nSPS) is 16.8. The van der Waals surface area contributed by atoms with Gasteiger partial charge in [-0.3, -0.25) is 10.1 Å². The summed E-state index contributed by atoms with van der Waals surface area (Å²) in [5.41, 5.74) is 1.70. The van der Waals surface area contributed by atoms with Crippen molar-refractivity contribution in [2.45, 2.75) is 32.4 Å². The average molecular weight is 440 g/mol. The molecule has 0 bridgehead atoms. The molecule has 2 aromatic heterocycles. The average Bonchev–Trinajstić information content (AvgIpc) is 3.43. The van der Waals surface area contributed by atoms with E-state index in [0.717, 1.165) is 36.6 Å². The Hall–Kier alpha value is -3.11. The van der Waals surface area contributed by atoms with E-state index in [1.165, 1.54) is 11.3 Å². The molecule has 1 saturated heterocycles. The minimum atomic E-state index is -0.689. The van der Waals surface area contributed by atoms with Crippen LogP contribution in [0.2, 0.25) is 0 Å². The van der Waals surface area contributed by atoms with Crippen LogP contribution in [-0.4, -0.2) is 52.0 Å². The van der Waals surface area contributed by atoms with Crippen molar-refractivity contribution in [2.75, 3.05) is 35.2 Å². The standard InChI is InChI=1S/C21H25N7O2S/c1-3-30-18(15-7-5-4-6-8-15)19(29)23-21-27-26-20(31-21)22-16-11-12-28(13-16)17-10-9-14(2)24-25-17/h4-10,16,18H,3,11-13H2,1-2H3,(H,22,26)(H,23,27,29)/t16-,18-/m1/s1. The molecule has 2 atom stereocenters. The van der Waals surface area contributed by atoms with E-state index in [1.807, 2.05) is 56.3 Å². The number of hydrogen-bond donors (Lipinski definition) is 2. The summed E-state index contributed by atoms with van der Waals surface area (Å²) >= 11 is 1.31. The fourth-order valence-electron chi connectivity index (χ4n) is 3.44. The number of nitrogens with one attached hydrogen (secondary N) is 2. The molecule has 162 valence electrons. The fourth-order valence-corrected chi connectivity index (χ4v) is 4.17. The van der Waals surface area contributed by atoms with Gasteiger partial charge in [-0.05, 0) is 38.0 Å². The highest BCUT2D eigenvalue weighted by Crippen LogP contribution is 2.26. The predicted octanol–water partition coefficient (Wildman–Crippen LogP) is 3.04. The summed E-state index contributed by atoms with van der Waals surface area (Å²) in [6.45, 7) is 5.92. The van der Waals surface area contributed by atoms with Crippen LogP contribution in [0.25, 0.3) is 0 Å². The van der Waals surface area contributed by atoms with E-state index in [2.05, 4.69) is 35.9 Å². The van der Waals surface area contributed by atoms with Gasteiger partial charge in [0.1, 0.15) is 0 Å². The molecule has 1 aliphatic heterocycles. The molecule has 3 aromatic rings. The van der Waals surface area contributed by atoms with Crippen LogP contribution in [-0.2, 0) is 9.53 Å². The van der Waals surface area contributed by atoms with Crippen molar-refractivity contribution in [3.8, 4) is 0 Å². The molecule has 2 N–H and O–H groups in total. The second kappa shape index (κ2) is 9.80. The highest BCUT2D eigenvalue weighted by molar-refractivity contribution is 7.19. The summed E-state index contributed by atoms with van der Waals surface area (Å²) < 4.78 is 5.65. The first-order valence-corrected chi connectivity index (χ1v) is 11.1. The molecule has 1 fully saturated rings. The van der Waals surface area contributed by atoms with Gasteiger partial charge >= 0.3 is 0 Å². The summed E-state index contributed by atoms with van der Waals surface area (Å²) in [6, 6.07) is 13.6. The Morgan fingerprint density at radius 2 is 1.97 bits per heavy atom. The maximum atomic E-state index is 12.7. The zero-order valence-electron chi connectivity index (χ0n) is 17.5. The maximum absolute atomic E-state index is 12.7. The van der Waals surface area contributed by atoms with Crippen molar-refractivity contribution >= 4 is 33.3 Å². The van der Waals surface area contributed by atoms with Crippen molar-refractivity contribution < 1.29 is 9.53 Å². The molecule has 10 heteroatoms. The molecule has 3 heterocycles. The Morgan fingerprint density at radius 3 is 2.71 bits per heavy atom. The molecule has 1 amide bonds. The van der Waals surface area contributed by atoms with Crippen LogP contribution in [0, 0.1) is 6.92 Å². The number of rotatable bonds is 8. The van der Waals surface area contributed by atoms with Crippen LogP contribution in [0.4, 0.5) is 16.1 Å². The molecular formula is C21H25N7O2S. The van der Waals surface area contributed by atoms with E-state index >= 15 is 0 Å². The number of aromatic nitrogens is 4. The van der Waals surface area contributed by atoms with Gasteiger partial charge in [0.15, 0.2) is 11.9 Å². The minimum absolute atomic E-state index is 0.222.